The number of aromatic nitrogens is 5. The van der Waals surface area contributed by atoms with Crippen molar-refractivity contribution in [2.45, 2.75) is 48.6 Å². The lowest BCUT2D eigenvalue weighted by Gasteiger charge is -2.06. The van der Waals surface area contributed by atoms with Crippen molar-refractivity contribution in [3.05, 3.63) is 29.2 Å². The Balaban J connectivity index is 1.33. The Labute approximate surface area is 141 Å². The number of thioether (sulfide) groups is 1. The first kappa shape index (κ1) is 13.7. The lowest BCUT2D eigenvalue weighted by Crippen LogP contribution is -2.02. The summed E-state index contributed by atoms with van der Waals surface area (Å²) >= 11 is 3.26. The van der Waals surface area contributed by atoms with Gasteiger partial charge in [0.1, 0.15) is 5.82 Å². The van der Waals surface area contributed by atoms with E-state index in [1.807, 2.05) is 17.5 Å². The van der Waals surface area contributed by atoms with Crippen molar-refractivity contribution in [1.29, 1.82) is 0 Å². The van der Waals surface area contributed by atoms with Crippen molar-refractivity contribution < 1.29 is 4.52 Å². The van der Waals surface area contributed by atoms with E-state index < -0.39 is 0 Å². The van der Waals surface area contributed by atoms with Crippen molar-refractivity contribution in [3.8, 4) is 10.8 Å². The zero-order valence-corrected chi connectivity index (χ0v) is 14.0. The third-order valence-corrected chi connectivity index (χ3v) is 5.87. The zero-order chi connectivity index (χ0) is 15.2. The number of rotatable bonds is 6. The summed E-state index contributed by atoms with van der Waals surface area (Å²) in [5.74, 6) is 3.77. The van der Waals surface area contributed by atoms with Crippen LogP contribution in [0.4, 0.5) is 0 Å². The van der Waals surface area contributed by atoms with Crippen molar-refractivity contribution in [1.82, 2.24) is 24.9 Å². The molecule has 0 saturated heterocycles. The van der Waals surface area contributed by atoms with Gasteiger partial charge in [0.15, 0.2) is 11.0 Å². The second-order valence-corrected chi connectivity index (χ2v) is 7.89. The average molecular weight is 345 g/mol. The van der Waals surface area contributed by atoms with Crippen LogP contribution in [0, 0.1) is 0 Å². The fourth-order valence-corrected chi connectivity index (χ4v) is 4.12. The van der Waals surface area contributed by atoms with Crippen LogP contribution in [0.1, 0.15) is 49.3 Å². The highest BCUT2D eigenvalue weighted by Crippen LogP contribution is 2.46. The number of hydrogen-bond donors (Lipinski definition) is 0. The normalized spacial score (nSPS) is 17.7. The first-order valence-electron chi connectivity index (χ1n) is 7.82. The summed E-state index contributed by atoms with van der Waals surface area (Å²) in [7, 11) is 0. The molecule has 0 atom stereocenters. The summed E-state index contributed by atoms with van der Waals surface area (Å²) in [6.45, 7) is 0. The molecule has 0 radical (unpaired) electrons. The predicted molar refractivity (Wildman–Crippen MR) is 87.4 cm³/mol. The van der Waals surface area contributed by atoms with E-state index in [4.69, 9.17) is 4.52 Å². The van der Waals surface area contributed by atoms with E-state index in [0.717, 1.165) is 10.0 Å². The minimum atomic E-state index is 0.595. The summed E-state index contributed by atoms with van der Waals surface area (Å²) in [6.07, 6.45) is 5.00. The van der Waals surface area contributed by atoms with Crippen LogP contribution in [0.15, 0.2) is 27.2 Å². The third kappa shape index (κ3) is 2.70. The fourth-order valence-electron chi connectivity index (χ4n) is 2.62. The maximum Gasteiger partial charge on any atom is 0.268 e. The Kier molecular flexibility index (Phi) is 3.26. The minimum Gasteiger partial charge on any atom is -0.333 e. The van der Waals surface area contributed by atoms with Crippen LogP contribution in [0.25, 0.3) is 10.8 Å². The summed E-state index contributed by atoms with van der Waals surface area (Å²) < 4.78 is 7.68. The molecule has 6 nitrogen and oxygen atoms in total. The van der Waals surface area contributed by atoms with Crippen LogP contribution < -0.4 is 0 Å². The molecule has 0 unspecified atom stereocenters. The van der Waals surface area contributed by atoms with Crippen LogP contribution in [-0.2, 0) is 5.75 Å². The average Bonchev–Trinajstić information content (AvgIpc) is 3.43. The Bertz CT molecular complexity index is 817. The van der Waals surface area contributed by atoms with Crippen molar-refractivity contribution >= 4 is 23.1 Å². The second kappa shape index (κ2) is 5.45. The Morgan fingerprint density at radius 2 is 2.17 bits per heavy atom. The molecule has 2 fully saturated rings. The molecule has 2 saturated carbocycles. The van der Waals surface area contributed by atoms with Gasteiger partial charge >= 0.3 is 0 Å². The molecule has 8 heteroatoms. The molecule has 2 aliphatic rings. The molecule has 0 aromatic carbocycles. The Morgan fingerprint density at radius 1 is 1.26 bits per heavy atom. The largest absolute Gasteiger partial charge is 0.333 e. The number of nitrogens with zero attached hydrogens (tertiary/aromatic N) is 5. The smallest absolute Gasteiger partial charge is 0.268 e. The molecule has 3 aromatic rings. The van der Waals surface area contributed by atoms with Crippen LogP contribution in [0.2, 0.25) is 0 Å². The molecule has 5 rings (SSSR count). The molecular weight excluding hydrogens is 330 g/mol. The highest BCUT2D eigenvalue weighted by atomic mass is 32.2. The summed E-state index contributed by atoms with van der Waals surface area (Å²) in [5.41, 5.74) is 0. The van der Waals surface area contributed by atoms with E-state index in [1.54, 1.807) is 23.1 Å². The highest BCUT2D eigenvalue weighted by Gasteiger charge is 2.36. The molecule has 118 valence electrons. The maximum atomic E-state index is 5.33. The summed E-state index contributed by atoms with van der Waals surface area (Å²) in [4.78, 5) is 5.47. The van der Waals surface area contributed by atoms with Crippen molar-refractivity contribution in [2.24, 2.45) is 0 Å². The first-order chi connectivity index (χ1) is 11.4. The molecule has 0 N–H and O–H groups in total. The molecule has 0 bridgehead atoms. The first-order valence-corrected chi connectivity index (χ1v) is 9.69. The molecule has 23 heavy (non-hydrogen) atoms. The lowest BCUT2D eigenvalue weighted by atomic mass is 10.4. The van der Waals surface area contributed by atoms with Gasteiger partial charge in [0.25, 0.3) is 5.89 Å². The number of hydrogen-bond acceptors (Lipinski definition) is 7. The van der Waals surface area contributed by atoms with E-state index in [-0.39, 0.29) is 0 Å². The lowest BCUT2D eigenvalue weighted by molar-refractivity contribution is 0.426. The van der Waals surface area contributed by atoms with E-state index in [9.17, 15) is 0 Å². The third-order valence-electron chi connectivity index (χ3n) is 4.08. The van der Waals surface area contributed by atoms with Gasteiger partial charge in [-0.2, -0.15) is 4.98 Å². The quantitative estimate of drug-likeness (QED) is 0.631. The zero-order valence-electron chi connectivity index (χ0n) is 12.4. The van der Waals surface area contributed by atoms with Crippen LogP contribution >= 0.6 is 23.1 Å². The van der Waals surface area contributed by atoms with Crippen LogP contribution in [-0.4, -0.2) is 24.9 Å². The fraction of sp³-hybridized carbons (Fsp3) is 0.467. The molecule has 2 aliphatic carbocycles. The molecule has 3 aromatic heterocycles. The summed E-state index contributed by atoms with van der Waals surface area (Å²) in [5, 5.41) is 15.9. The van der Waals surface area contributed by atoms with Gasteiger partial charge in [-0.05, 0) is 37.1 Å². The summed E-state index contributed by atoms with van der Waals surface area (Å²) in [6, 6.07) is 4.58. The second-order valence-electron chi connectivity index (χ2n) is 6.00. The van der Waals surface area contributed by atoms with Gasteiger partial charge in [0.2, 0.25) is 0 Å². The molecule has 3 heterocycles. The monoisotopic (exact) mass is 345 g/mol. The maximum absolute atomic E-state index is 5.33. The van der Waals surface area contributed by atoms with E-state index in [2.05, 4.69) is 24.9 Å². The van der Waals surface area contributed by atoms with Crippen LogP contribution in [0.5, 0.6) is 0 Å². The van der Waals surface area contributed by atoms with Gasteiger partial charge < -0.3 is 9.09 Å². The highest BCUT2D eigenvalue weighted by molar-refractivity contribution is 7.98. The van der Waals surface area contributed by atoms with Crippen molar-refractivity contribution in [3.63, 3.8) is 0 Å². The van der Waals surface area contributed by atoms with E-state index in [0.29, 0.717) is 29.4 Å². The number of thiophene rings is 1. The van der Waals surface area contributed by atoms with Gasteiger partial charge in [-0.3, -0.25) is 0 Å². The molecule has 0 aliphatic heterocycles. The van der Waals surface area contributed by atoms with Gasteiger partial charge in [-0.25, -0.2) is 0 Å². The minimum absolute atomic E-state index is 0.595. The van der Waals surface area contributed by atoms with Gasteiger partial charge in [-0.1, -0.05) is 23.0 Å². The van der Waals surface area contributed by atoms with E-state index >= 15 is 0 Å². The Hall–Kier alpha value is -1.67. The topological polar surface area (TPSA) is 69.6 Å². The van der Waals surface area contributed by atoms with Crippen molar-refractivity contribution in [2.75, 3.05) is 0 Å². The molecule has 0 spiro atoms. The van der Waals surface area contributed by atoms with Gasteiger partial charge in [-0.15, -0.1) is 21.5 Å². The van der Waals surface area contributed by atoms with Gasteiger partial charge in [0, 0.05) is 12.0 Å². The predicted octanol–water partition coefficient (Wildman–Crippen LogP) is 3.89. The molecular formula is C15H15N5OS2. The SMILES string of the molecule is c1csc(-c2nc(CSc3nnc(C4CC4)n3C3CC3)no2)c1. The standard InChI is InChI=1S/C15H15N5OS2/c1-2-11(22-7-1)14-16-12(19-21-14)8-23-15-18-17-13(9-3-4-9)20(15)10-5-6-10/h1-2,7,9-10H,3-6,8H2. The molecule has 0 amide bonds. The van der Waals surface area contributed by atoms with E-state index in [1.165, 1.54) is 31.5 Å². The van der Waals surface area contributed by atoms with Crippen LogP contribution in [0.3, 0.4) is 0 Å². The van der Waals surface area contributed by atoms with Gasteiger partial charge in [0.05, 0.1) is 10.6 Å². The Morgan fingerprint density at radius 3 is 2.91 bits per heavy atom.